The molecule has 0 atom stereocenters. The second-order valence-electron chi connectivity index (χ2n) is 6.93. The maximum Gasteiger partial charge on any atom is 0.327 e. The van der Waals surface area contributed by atoms with Gasteiger partial charge in [-0.3, -0.25) is 9.59 Å². The van der Waals surface area contributed by atoms with Crippen LogP contribution in [-0.4, -0.2) is 49.2 Å². The standard InChI is InChI=1S/C21H23N3O5S/c1-5-29-19(25)13-24-21(26)17-9-7-6-8-16(17)20(22-24)15-11-10-14(2)18(12-15)30(27,28)23(3)4/h6-12H,5,13H2,1-4H3. The summed E-state index contributed by atoms with van der Waals surface area (Å²) < 4.78 is 32.6. The Morgan fingerprint density at radius 2 is 1.80 bits per heavy atom. The molecule has 3 rings (SSSR count). The van der Waals surface area contributed by atoms with Crippen LogP contribution in [0.1, 0.15) is 12.5 Å². The molecule has 0 amide bonds. The van der Waals surface area contributed by atoms with Gasteiger partial charge in [0.25, 0.3) is 5.56 Å². The molecule has 0 saturated carbocycles. The fourth-order valence-electron chi connectivity index (χ4n) is 3.11. The lowest BCUT2D eigenvalue weighted by atomic mass is 10.0. The van der Waals surface area contributed by atoms with Crippen molar-refractivity contribution in [3.05, 3.63) is 58.4 Å². The van der Waals surface area contributed by atoms with Gasteiger partial charge in [-0.1, -0.05) is 30.3 Å². The van der Waals surface area contributed by atoms with Gasteiger partial charge in [-0.15, -0.1) is 0 Å². The number of fused-ring (bicyclic) bond motifs is 1. The Morgan fingerprint density at radius 1 is 1.13 bits per heavy atom. The highest BCUT2D eigenvalue weighted by Gasteiger charge is 2.22. The van der Waals surface area contributed by atoms with Crippen molar-refractivity contribution in [1.29, 1.82) is 0 Å². The molecule has 0 unspecified atom stereocenters. The lowest BCUT2D eigenvalue weighted by Gasteiger charge is -2.16. The van der Waals surface area contributed by atoms with Gasteiger partial charge in [0.05, 0.1) is 22.6 Å². The molecule has 0 N–H and O–H groups in total. The molecule has 3 aromatic rings. The number of hydrogen-bond donors (Lipinski definition) is 0. The van der Waals surface area contributed by atoms with Crippen LogP contribution >= 0.6 is 0 Å². The third-order valence-corrected chi connectivity index (χ3v) is 6.63. The number of nitrogens with zero attached hydrogens (tertiary/aromatic N) is 3. The number of esters is 1. The number of carbonyl (C=O) groups is 1. The average molecular weight is 429 g/mol. The fraction of sp³-hybridized carbons (Fsp3) is 0.286. The first-order valence-corrected chi connectivity index (χ1v) is 10.8. The topological polar surface area (TPSA) is 98.6 Å². The highest BCUT2D eigenvalue weighted by molar-refractivity contribution is 7.89. The summed E-state index contributed by atoms with van der Waals surface area (Å²) in [4.78, 5) is 24.9. The minimum Gasteiger partial charge on any atom is -0.465 e. The van der Waals surface area contributed by atoms with Gasteiger partial charge in [0, 0.05) is 25.0 Å². The number of hydrogen-bond acceptors (Lipinski definition) is 6. The van der Waals surface area contributed by atoms with Crippen LogP contribution in [0.3, 0.4) is 0 Å². The van der Waals surface area contributed by atoms with Crippen molar-refractivity contribution in [3.63, 3.8) is 0 Å². The molecule has 8 nitrogen and oxygen atoms in total. The number of rotatable bonds is 6. The van der Waals surface area contributed by atoms with Crippen LogP contribution in [0.2, 0.25) is 0 Å². The third kappa shape index (κ3) is 3.99. The Bertz CT molecular complexity index is 1280. The van der Waals surface area contributed by atoms with Gasteiger partial charge >= 0.3 is 5.97 Å². The summed E-state index contributed by atoms with van der Waals surface area (Å²) in [6.45, 7) is 3.25. The smallest absolute Gasteiger partial charge is 0.327 e. The molecule has 1 aromatic heterocycles. The molecule has 0 aliphatic rings. The van der Waals surface area contributed by atoms with E-state index in [2.05, 4.69) is 5.10 Å². The molecular weight excluding hydrogens is 406 g/mol. The minimum absolute atomic E-state index is 0.152. The lowest BCUT2D eigenvalue weighted by molar-refractivity contribution is -0.144. The zero-order chi connectivity index (χ0) is 22.1. The van der Waals surface area contributed by atoms with Crippen LogP contribution < -0.4 is 5.56 Å². The van der Waals surface area contributed by atoms with Gasteiger partial charge in [-0.25, -0.2) is 17.4 Å². The molecule has 0 aliphatic carbocycles. The molecule has 0 saturated heterocycles. The molecule has 0 radical (unpaired) electrons. The van der Waals surface area contributed by atoms with Crippen molar-refractivity contribution in [2.75, 3.05) is 20.7 Å². The minimum atomic E-state index is -3.67. The first-order chi connectivity index (χ1) is 14.2. The van der Waals surface area contributed by atoms with E-state index in [-0.39, 0.29) is 18.0 Å². The second kappa shape index (κ2) is 8.37. The van der Waals surface area contributed by atoms with Crippen LogP contribution in [0, 0.1) is 6.92 Å². The Kier molecular flexibility index (Phi) is 6.04. The highest BCUT2D eigenvalue weighted by atomic mass is 32.2. The van der Waals surface area contributed by atoms with Gasteiger partial charge in [0.2, 0.25) is 10.0 Å². The van der Waals surface area contributed by atoms with Crippen LogP contribution in [0.25, 0.3) is 22.0 Å². The van der Waals surface area contributed by atoms with E-state index < -0.39 is 21.6 Å². The Hall–Kier alpha value is -3.04. The van der Waals surface area contributed by atoms with E-state index in [9.17, 15) is 18.0 Å². The molecule has 1 heterocycles. The number of ether oxygens (including phenoxy) is 1. The van der Waals surface area contributed by atoms with Crippen LogP contribution in [-0.2, 0) is 26.1 Å². The molecule has 30 heavy (non-hydrogen) atoms. The van der Waals surface area contributed by atoms with Crippen molar-refractivity contribution in [2.24, 2.45) is 0 Å². The maximum absolute atomic E-state index is 12.8. The number of aryl methyl sites for hydroxylation is 1. The predicted octanol–water partition coefficient (Wildman–Crippen LogP) is 2.19. The summed E-state index contributed by atoms with van der Waals surface area (Å²) >= 11 is 0. The lowest BCUT2D eigenvalue weighted by Crippen LogP contribution is -2.28. The first kappa shape index (κ1) is 21.7. The summed E-state index contributed by atoms with van der Waals surface area (Å²) in [7, 11) is -0.739. The average Bonchev–Trinajstić information content (AvgIpc) is 2.70. The van der Waals surface area contributed by atoms with Crippen LogP contribution in [0.15, 0.2) is 52.2 Å². The van der Waals surface area contributed by atoms with Crippen LogP contribution in [0.5, 0.6) is 0 Å². The molecule has 0 bridgehead atoms. The number of benzene rings is 2. The quantitative estimate of drug-likeness (QED) is 0.557. The molecule has 2 aromatic carbocycles. The van der Waals surface area contributed by atoms with Crippen molar-refractivity contribution >= 4 is 26.8 Å². The first-order valence-electron chi connectivity index (χ1n) is 9.35. The summed E-state index contributed by atoms with van der Waals surface area (Å²) in [6, 6.07) is 11.9. The van der Waals surface area contributed by atoms with Crippen molar-refractivity contribution in [2.45, 2.75) is 25.3 Å². The van der Waals surface area contributed by atoms with Gasteiger partial charge in [0.1, 0.15) is 6.54 Å². The monoisotopic (exact) mass is 429 g/mol. The van der Waals surface area contributed by atoms with Crippen molar-refractivity contribution in [1.82, 2.24) is 14.1 Å². The van der Waals surface area contributed by atoms with E-state index >= 15 is 0 Å². The largest absolute Gasteiger partial charge is 0.465 e. The Morgan fingerprint density at radius 3 is 2.43 bits per heavy atom. The third-order valence-electron chi connectivity index (χ3n) is 4.67. The fourth-order valence-corrected chi connectivity index (χ4v) is 4.25. The van der Waals surface area contributed by atoms with Gasteiger partial charge in [-0.2, -0.15) is 5.10 Å². The molecule has 0 spiro atoms. The van der Waals surface area contributed by atoms with E-state index in [0.29, 0.717) is 27.6 Å². The zero-order valence-electron chi connectivity index (χ0n) is 17.2. The molecule has 0 fully saturated rings. The number of carbonyl (C=O) groups excluding carboxylic acids is 1. The highest BCUT2D eigenvalue weighted by Crippen LogP contribution is 2.29. The molecule has 0 aliphatic heterocycles. The number of aromatic nitrogens is 2. The van der Waals surface area contributed by atoms with Gasteiger partial charge < -0.3 is 4.74 Å². The van der Waals surface area contributed by atoms with E-state index in [1.54, 1.807) is 56.3 Å². The van der Waals surface area contributed by atoms with Crippen molar-refractivity contribution in [3.8, 4) is 11.3 Å². The molecule has 158 valence electrons. The summed E-state index contributed by atoms with van der Waals surface area (Å²) in [6.07, 6.45) is 0. The Labute approximate surface area is 174 Å². The van der Waals surface area contributed by atoms with E-state index in [0.717, 1.165) is 8.99 Å². The summed E-state index contributed by atoms with van der Waals surface area (Å²) in [5, 5.41) is 5.33. The van der Waals surface area contributed by atoms with Gasteiger partial charge in [0.15, 0.2) is 0 Å². The van der Waals surface area contributed by atoms with Crippen molar-refractivity contribution < 1.29 is 17.9 Å². The number of sulfonamides is 1. The summed E-state index contributed by atoms with van der Waals surface area (Å²) in [5.74, 6) is -0.576. The van der Waals surface area contributed by atoms with Crippen LogP contribution in [0.4, 0.5) is 0 Å². The predicted molar refractivity (Wildman–Crippen MR) is 114 cm³/mol. The second-order valence-corrected chi connectivity index (χ2v) is 9.05. The normalized spacial score (nSPS) is 11.8. The molecule has 9 heteroatoms. The molecular formula is C21H23N3O5S. The SMILES string of the molecule is CCOC(=O)Cn1nc(-c2ccc(C)c(S(=O)(=O)N(C)C)c2)c2ccccc2c1=O. The zero-order valence-corrected chi connectivity index (χ0v) is 18.1. The van der Waals surface area contributed by atoms with Gasteiger partial charge in [-0.05, 0) is 31.5 Å². The maximum atomic E-state index is 12.8. The van der Waals surface area contributed by atoms with E-state index in [4.69, 9.17) is 4.74 Å². The van der Waals surface area contributed by atoms with E-state index in [1.165, 1.54) is 14.1 Å². The van der Waals surface area contributed by atoms with E-state index in [1.807, 2.05) is 0 Å². The Balaban J connectivity index is 2.27. The summed E-state index contributed by atoms with van der Waals surface area (Å²) in [5.41, 5.74) is 1.10.